The van der Waals surface area contributed by atoms with Crippen molar-refractivity contribution in [2.75, 3.05) is 31.1 Å². The number of nitrogens with zero attached hydrogens (tertiary/aromatic N) is 5. The molecule has 3 aromatic heterocycles. The maximum atomic E-state index is 12.8. The van der Waals surface area contributed by atoms with E-state index in [1.807, 2.05) is 36.4 Å². The monoisotopic (exact) mass is 416 g/mol. The average Bonchev–Trinajstić information content (AvgIpc) is 3.45. The molecule has 0 unspecified atom stereocenters. The lowest BCUT2D eigenvalue weighted by atomic mass is 10.1. The summed E-state index contributed by atoms with van der Waals surface area (Å²) in [7, 11) is 0. The molecule has 31 heavy (non-hydrogen) atoms. The fourth-order valence-electron chi connectivity index (χ4n) is 3.78. The van der Waals surface area contributed by atoms with Crippen LogP contribution in [-0.4, -0.2) is 62.9 Å². The molecule has 0 spiro atoms. The molecule has 1 aromatic carbocycles. The van der Waals surface area contributed by atoms with Gasteiger partial charge in [-0.05, 0) is 18.2 Å². The van der Waals surface area contributed by atoms with E-state index in [4.69, 9.17) is 4.52 Å². The maximum Gasteiger partial charge on any atom is 0.295 e. The van der Waals surface area contributed by atoms with Crippen molar-refractivity contribution in [2.24, 2.45) is 0 Å². The first kappa shape index (κ1) is 19.0. The van der Waals surface area contributed by atoms with Crippen molar-refractivity contribution in [3.05, 3.63) is 60.2 Å². The van der Waals surface area contributed by atoms with E-state index in [9.17, 15) is 9.59 Å². The van der Waals surface area contributed by atoms with E-state index in [2.05, 4.69) is 25.0 Å². The lowest BCUT2D eigenvalue weighted by molar-refractivity contribution is -0.126. The van der Waals surface area contributed by atoms with Gasteiger partial charge in [0.05, 0.1) is 5.56 Å². The molecule has 1 N–H and O–H groups in total. The molecule has 4 aromatic rings. The standard InChI is InChI=1S/C22H20N6O3/c1-14-25-21(26-31-14)15-6-7-19(24-12-15)27-8-10-28(11-9-27)22(30)20(29)17-13-23-18-5-3-2-4-16(17)18/h2-7,12-13,23H,8-11H2,1H3. The smallest absolute Gasteiger partial charge is 0.295 e. The highest BCUT2D eigenvalue weighted by molar-refractivity contribution is 6.44. The zero-order valence-corrected chi connectivity index (χ0v) is 16.9. The molecule has 1 aliphatic heterocycles. The predicted molar refractivity (Wildman–Crippen MR) is 114 cm³/mol. The van der Waals surface area contributed by atoms with Crippen LogP contribution < -0.4 is 4.90 Å². The number of hydrogen-bond donors (Lipinski definition) is 1. The van der Waals surface area contributed by atoms with Gasteiger partial charge in [0.2, 0.25) is 11.7 Å². The van der Waals surface area contributed by atoms with Crippen molar-refractivity contribution in [1.82, 2.24) is 25.0 Å². The lowest BCUT2D eigenvalue weighted by Crippen LogP contribution is -2.50. The Labute approximate surface area is 177 Å². The summed E-state index contributed by atoms with van der Waals surface area (Å²) in [5.74, 6) is 0.854. The fraction of sp³-hybridized carbons (Fsp3) is 0.227. The van der Waals surface area contributed by atoms with Crippen LogP contribution in [0.5, 0.6) is 0 Å². The Morgan fingerprint density at radius 3 is 2.58 bits per heavy atom. The number of hydrogen-bond acceptors (Lipinski definition) is 7. The first-order valence-corrected chi connectivity index (χ1v) is 10.0. The molecule has 4 heterocycles. The van der Waals surface area contributed by atoms with Gasteiger partial charge in [0.25, 0.3) is 11.7 Å². The molecule has 1 fully saturated rings. The summed E-state index contributed by atoms with van der Waals surface area (Å²) < 4.78 is 5.00. The number of anilines is 1. The van der Waals surface area contributed by atoms with E-state index in [0.29, 0.717) is 43.5 Å². The number of aromatic nitrogens is 4. The van der Waals surface area contributed by atoms with Crippen LogP contribution in [0.3, 0.4) is 0 Å². The third-order valence-electron chi connectivity index (χ3n) is 5.45. The Balaban J connectivity index is 1.24. The number of pyridine rings is 1. The summed E-state index contributed by atoms with van der Waals surface area (Å²) in [6.45, 7) is 3.85. The quantitative estimate of drug-likeness (QED) is 0.402. The number of H-pyrrole nitrogens is 1. The summed E-state index contributed by atoms with van der Waals surface area (Å²) in [4.78, 5) is 41.0. The number of aromatic amines is 1. The van der Waals surface area contributed by atoms with Crippen molar-refractivity contribution >= 4 is 28.4 Å². The van der Waals surface area contributed by atoms with Crippen LogP contribution in [0, 0.1) is 6.92 Å². The molecule has 9 heteroatoms. The Kier molecular flexibility index (Phi) is 4.70. The summed E-state index contributed by atoms with van der Waals surface area (Å²) in [6, 6.07) is 11.3. The number of ketones is 1. The van der Waals surface area contributed by atoms with E-state index in [0.717, 1.165) is 22.3 Å². The molecule has 0 atom stereocenters. The molecule has 0 bridgehead atoms. The number of amides is 1. The zero-order chi connectivity index (χ0) is 21.4. The number of nitrogens with one attached hydrogen (secondary N) is 1. The summed E-state index contributed by atoms with van der Waals surface area (Å²) in [6.07, 6.45) is 3.32. The van der Waals surface area contributed by atoms with Gasteiger partial charge in [0.15, 0.2) is 0 Å². The van der Waals surface area contributed by atoms with Gasteiger partial charge in [-0.2, -0.15) is 4.98 Å². The van der Waals surface area contributed by atoms with Gasteiger partial charge >= 0.3 is 0 Å². The molecular weight excluding hydrogens is 396 g/mol. The van der Waals surface area contributed by atoms with Gasteiger partial charge in [0.1, 0.15) is 5.82 Å². The SMILES string of the molecule is Cc1nc(-c2ccc(N3CCN(C(=O)C(=O)c4c[nH]c5ccccc45)CC3)nc2)no1. The normalized spacial score (nSPS) is 14.2. The number of piperazine rings is 1. The van der Waals surface area contributed by atoms with Crippen molar-refractivity contribution < 1.29 is 14.1 Å². The van der Waals surface area contributed by atoms with Gasteiger partial charge in [0, 0.05) is 62.0 Å². The largest absolute Gasteiger partial charge is 0.360 e. The zero-order valence-electron chi connectivity index (χ0n) is 16.9. The number of benzene rings is 1. The third-order valence-corrected chi connectivity index (χ3v) is 5.45. The van der Waals surface area contributed by atoms with E-state index >= 15 is 0 Å². The second-order valence-corrected chi connectivity index (χ2v) is 7.40. The van der Waals surface area contributed by atoms with Crippen LogP contribution in [0.2, 0.25) is 0 Å². The maximum absolute atomic E-state index is 12.8. The first-order chi connectivity index (χ1) is 15.1. The van der Waals surface area contributed by atoms with Crippen LogP contribution in [-0.2, 0) is 4.79 Å². The molecule has 156 valence electrons. The minimum Gasteiger partial charge on any atom is -0.360 e. The van der Waals surface area contributed by atoms with E-state index in [1.165, 1.54) is 0 Å². The minimum atomic E-state index is -0.483. The molecule has 0 saturated carbocycles. The number of rotatable bonds is 4. The molecule has 1 aliphatic rings. The van der Waals surface area contributed by atoms with Gasteiger partial charge in [-0.15, -0.1) is 0 Å². The van der Waals surface area contributed by atoms with Gasteiger partial charge in [-0.1, -0.05) is 23.4 Å². The van der Waals surface area contributed by atoms with Gasteiger partial charge in [-0.3, -0.25) is 9.59 Å². The molecule has 1 saturated heterocycles. The van der Waals surface area contributed by atoms with Crippen molar-refractivity contribution in [3.8, 4) is 11.4 Å². The fourth-order valence-corrected chi connectivity index (χ4v) is 3.78. The molecule has 1 amide bonds. The number of carbonyl (C=O) groups excluding carboxylic acids is 2. The number of fused-ring (bicyclic) bond motifs is 1. The molecule has 5 rings (SSSR count). The van der Waals surface area contributed by atoms with E-state index in [1.54, 1.807) is 24.2 Å². The molecule has 9 nitrogen and oxygen atoms in total. The predicted octanol–water partition coefficient (Wildman–Crippen LogP) is 2.45. The third kappa shape index (κ3) is 3.54. The van der Waals surface area contributed by atoms with Crippen LogP contribution >= 0.6 is 0 Å². The van der Waals surface area contributed by atoms with Crippen molar-refractivity contribution in [3.63, 3.8) is 0 Å². The topological polar surface area (TPSA) is 108 Å². The number of carbonyl (C=O) groups is 2. The van der Waals surface area contributed by atoms with Gasteiger partial charge in [-0.25, -0.2) is 4.98 Å². The number of para-hydroxylation sites is 1. The van der Waals surface area contributed by atoms with Crippen molar-refractivity contribution in [1.29, 1.82) is 0 Å². The summed E-state index contributed by atoms with van der Waals surface area (Å²) >= 11 is 0. The highest BCUT2D eigenvalue weighted by Crippen LogP contribution is 2.21. The van der Waals surface area contributed by atoms with E-state index < -0.39 is 11.7 Å². The summed E-state index contributed by atoms with van der Waals surface area (Å²) in [5, 5.41) is 4.66. The Bertz CT molecular complexity index is 1250. The van der Waals surface area contributed by atoms with Crippen LogP contribution in [0.1, 0.15) is 16.2 Å². The molecule has 0 radical (unpaired) electrons. The number of Topliss-reactive ketones (excluding diaryl/α,β-unsaturated/α-hetero) is 1. The van der Waals surface area contributed by atoms with Crippen LogP contribution in [0.25, 0.3) is 22.3 Å². The highest BCUT2D eigenvalue weighted by Gasteiger charge is 2.28. The van der Waals surface area contributed by atoms with Crippen LogP contribution in [0.15, 0.2) is 53.3 Å². The second-order valence-electron chi connectivity index (χ2n) is 7.40. The van der Waals surface area contributed by atoms with Crippen molar-refractivity contribution in [2.45, 2.75) is 6.92 Å². The van der Waals surface area contributed by atoms with E-state index in [-0.39, 0.29) is 0 Å². The Morgan fingerprint density at radius 1 is 1.06 bits per heavy atom. The first-order valence-electron chi connectivity index (χ1n) is 10.0. The molecule has 0 aliphatic carbocycles. The molecular formula is C22H20N6O3. The minimum absolute atomic E-state index is 0.414. The lowest BCUT2D eigenvalue weighted by Gasteiger charge is -2.35. The Morgan fingerprint density at radius 2 is 1.87 bits per heavy atom. The Hall–Kier alpha value is -4.01. The van der Waals surface area contributed by atoms with Gasteiger partial charge < -0.3 is 19.3 Å². The second kappa shape index (κ2) is 7.67. The summed E-state index contributed by atoms with van der Waals surface area (Å²) in [5.41, 5.74) is 2.03. The van der Waals surface area contributed by atoms with Crippen LogP contribution in [0.4, 0.5) is 5.82 Å². The number of aryl methyl sites for hydroxylation is 1. The highest BCUT2D eigenvalue weighted by atomic mass is 16.5. The average molecular weight is 416 g/mol.